The molecule has 4 nitrogen and oxygen atoms in total. The molecule has 0 spiro atoms. The Kier molecular flexibility index (Phi) is 3.92. The van der Waals surface area contributed by atoms with Crippen LogP contribution in [0, 0.1) is 0 Å². The van der Waals surface area contributed by atoms with Gasteiger partial charge in [-0.1, -0.05) is 28.1 Å². The largest absolute Gasteiger partial charge is 0.306 e. The van der Waals surface area contributed by atoms with Crippen molar-refractivity contribution in [1.29, 1.82) is 0 Å². The van der Waals surface area contributed by atoms with Gasteiger partial charge in [0.05, 0.1) is 4.88 Å². The number of aromatic nitrogens is 2. The first-order chi connectivity index (χ1) is 11.7. The van der Waals surface area contributed by atoms with E-state index in [-0.39, 0.29) is 5.91 Å². The SMILES string of the molecule is O=C(Nc1c(-c2cccs2)nc2ccccn12)c1ccc(Br)cc1. The van der Waals surface area contributed by atoms with Gasteiger partial charge in [0.25, 0.3) is 5.91 Å². The van der Waals surface area contributed by atoms with Crippen LogP contribution in [0.15, 0.2) is 70.6 Å². The van der Waals surface area contributed by atoms with E-state index >= 15 is 0 Å². The van der Waals surface area contributed by atoms with Crippen LogP contribution in [0.2, 0.25) is 0 Å². The molecule has 0 atom stereocenters. The lowest BCUT2D eigenvalue weighted by molar-refractivity contribution is 0.102. The van der Waals surface area contributed by atoms with Crippen LogP contribution >= 0.6 is 27.3 Å². The van der Waals surface area contributed by atoms with Gasteiger partial charge in [-0.25, -0.2) is 4.98 Å². The molecule has 0 unspecified atom stereocenters. The number of carbonyl (C=O) groups excluding carboxylic acids is 1. The molecule has 118 valence electrons. The fraction of sp³-hybridized carbons (Fsp3) is 0. The number of amides is 1. The van der Waals surface area contributed by atoms with Gasteiger partial charge < -0.3 is 5.32 Å². The Morgan fingerprint density at radius 2 is 1.92 bits per heavy atom. The zero-order valence-electron chi connectivity index (χ0n) is 12.4. The summed E-state index contributed by atoms with van der Waals surface area (Å²) in [4.78, 5) is 18.3. The monoisotopic (exact) mass is 397 g/mol. The summed E-state index contributed by atoms with van der Waals surface area (Å²) in [6.45, 7) is 0. The van der Waals surface area contributed by atoms with Crippen molar-refractivity contribution in [3.63, 3.8) is 0 Å². The van der Waals surface area contributed by atoms with Crippen molar-refractivity contribution in [2.24, 2.45) is 0 Å². The summed E-state index contributed by atoms with van der Waals surface area (Å²) in [7, 11) is 0. The van der Waals surface area contributed by atoms with Crippen molar-refractivity contribution in [3.8, 4) is 10.6 Å². The van der Waals surface area contributed by atoms with E-state index in [0.29, 0.717) is 11.4 Å². The van der Waals surface area contributed by atoms with Crippen LogP contribution in [0.4, 0.5) is 5.82 Å². The number of nitrogens with one attached hydrogen (secondary N) is 1. The van der Waals surface area contributed by atoms with Gasteiger partial charge in [-0.2, -0.15) is 0 Å². The number of hydrogen-bond donors (Lipinski definition) is 1. The zero-order chi connectivity index (χ0) is 16.5. The number of thiophene rings is 1. The molecule has 1 aromatic carbocycles. The molecular formula is C18H12BrN3OS. The summed E-state index contributed by atoms with van der Waals surface area (Å²) in [6, 6.07) is 17.0. The van der Waals surface area contributed by atoms with Crippen molar-refractivity contribution in [2.75, 3.05) is 5.32 Å². The first-order valence-electron chi connectivity index (χ1n) is 7.30. The lowest BCUT2D eigenvalue weighted by atomic mass is 10.2. The number of imidazole rings is 1. The Bertz CT molecular complexity index is 1010. The van der Waals surface area contributed by atoms with E-state index < -0.39 is 0 Å². The smallest absolute Gasteiger partial charge is 0.256 e. The molecule has 0 radical (unpaired) electrons. The Morgan fingerprint density at radius 1 is 1.08 bits per heavy atom. The van der Waals surface area contributed by atoms with Gasteiger partial charge in [0, 0.05) is 16.2 Å². The van der Waals surface area contributed by atoms with Gasteiger partial charge in [-0.05, 0) is 47.8 Å². The second-order valence-corrected chi connectivity index (χ2v) is 7.04. The highest BCUT2D eigenvalue weighted by Crippen LogP contribution is 2.32. The molecule has 0 aliphatic rings. The summed E-state index contributed by atoms with van der Waals surface area (Å²) in [6.07, 6.45) is 1.90. The molecule has 4 rings (SSSR count). The van der Waals surface area contributed by atoms with E-state index in [1.54, 1.807) is 23.5 Å². The number of pyridine rings is 1. The molecule has 1 amide bonds. The number of carbonyl (C=O) groups is 1. The predicted octanol–water partition coefficient (Wildman–Crippen LogP) is 5.08. The van der Waals surface area contributed by atoms with Gasteiger partial charge in [-0.15, -0.1) is 11.3 Å². The molecule has 0 bridgehead atoms. The minimum atomic E-state index is -0.161. The second kappa shape index (κ2) is 6.22. The Morgan fingerprint density at radius 3 is 2.67 bits per heavy atom. The summed E-state index contributed by atoms with van der Waals surface area (Å²) in [5, 5.41) is 5.01. The predicted molar refractivity (Wildman–Crippen MR) is 101 cm³/mol. The lowest BCUT2D eigenvalue weighted by Gasteiger charge is -2.07. The van der Waals surface area contributed by atoms with Crippen LogP contribution in [0.1, 0.15) is 10.4 Å². The van der Waals surface area contributed by atoms with E-state index in [0.717, 1.165) is 20.7 Å². The molecule has 1 N–H and O–H groups in total. The first-order valence-corrected chi connectivity index (χ1v) is 8.97. The van der Waals surface area contributed by atoms with Crippen molar-refractivity contribution in [1.82, 2.24) is 9.38 Å². The summed E-state index contributed by atoms with van der Waals surface area (Å²) < 4.78 is 2.83. The third-order valence-corrected chi connectivity index (χ3v) is 5.03. The molecule has 3 aromatic heterocycles. The topological polar surface area (TPSA) is 46.4 Å². The van der Waals surface area contributed by atoms with Gasteiger partial charge in [0.1, 0.15) is 17.2 Å². The summed E-state index contributed by atoms with van der Waals surface area (Å²) in [5.41, 5.74) is 2.18. The molecule has 3 heterocycles. The third-order valence-electron chi connectivity index (χ3n) is 3.62. The van der Waals surface area contributed by atoms with Crippen LogP contribution in [-0.4, -0.2) is 15.3 Å². The number of anilines is 1. The Balaban J connectivity index is 1.79. The summed E-state index contributed by atoms with van der Waals surface area (Å²) >= 11 is 4.98. The van der Waals surface area contributed by atoms with Crippen LogP contribution in [0.3, 0.4) is 0 Å². The zero-order valence-corrected chi connectivity index (χ0v) is 14.8. The number of fused-ring (bicyclic) bond motifs is 1. The van der Waals surface area contributed by atoms with E-state index in [1.807, 2.05) is 58.4 Å². The molecule has 6 heteroatoms. The lowest BCUT2D eigenvalue weighted by Crippen LogP contribution is -2.13. The van der Waals surface area contributed by atoms with E-state index in [4.69, 9.17) is 0 Å². The second-order valence-electron chi connectivity index (χ2n) is 5.18. The van der Waals surface area contributed by atoms with Crippen molar-refractivity contribution in [2.45, 2.75) is 0 Å². The Labute approximate surface area is 150 Å². The van der Waals surface area contributed by atoms with Gasteiger partial charge in [-0.3, -0.25) is 9.20 Å². The maximum absolute atomic E-state index is 12.6. The van der Waals surface area contributed by atoms with Gasteiger partial charge >= 0.3 is 0 Å². The summed E-state index contributed by atoms with van der Waals surface area (Å²) in [5.74, 6) is 0.520. The van der Waals surface area contributed by atoms with Crippen molar-refractivity contribution >= 4 is 44.6 Å². The molecule has 0 saturated carbocycles. The number of benzene rings is 1. The standard InChI is InChI=1S/C18H12BrN3OS/c19-13-8-6-12(7-9-13)18(23)21-17-16(14-4-3-11-24-14)20-15-5-1-2-10-22(15)17/h1-11H,(H,21,23). The molecule has 0 aliphatic heterocycles. The Hall–Kier alpha value is -2.44. The molecular weight excluding hydrogens is 386 g/mol. The first kappa shape index (κ1) is 15.1. The minimum absolute atomic E-state index is 0.161. The highest BCUT2D eigenvalue weighted by Gasteiger charge is 2.17. The number of hydrogen-bond acceptors (Lipinski definition) is 3. The number of nitrogens with zero attached hydrogens (tertiary/aromatic N) is 2. The van der Waals surface area contributed by atoms with Gasteiger partial charge in [0.2, 0.25) is 0 Å². The van der Waals surface area contributed by atoms with E-state index in [2.05, 4.69) is 26.2 Å². The molecule has 0 saturated heterocycles. The average Bonchev–Trinajstić information content (AvgIpc) is 3.23. The quantitative estimate of drug-likeness (QED) is 0.523. The third kappa shape index (κ3) is 2.74. The highest BCUT2D eigenvalue weighted by molar-refractivity contribution is 9.10. The van der Waals surface area contributed by atoms with E-state index in [9.17, 15) is 4.79 Å². The maximum Gasteiger partial charge on any atom is 0.256 e. The maximum atomic E-state index is 12.6. The van der Waals surface area contributed by atoms with Crippen LogP contribution in [0.5, 0.6) is 0 Å². The fourth-order valence-corrected chi connectivity index (χ4v) is 3.46. The highest BCUT2D eigenvalue weighted by atomic mass is 79.9. The van der Waals surface area contributed by atoms with Crippen LogP contribution < -0.4 is 5.32 Å². The minimum Gasteiger partial charge on any atom is -0.306 e. The normalized spacial score (nSPS) is 10.9. The average molecular weight is 398 g/mol. The van der Waals surface area contributed by atoms with Crippen LogP contribution in [0.25, 0.3) is 16.2 Å². The van der Waals surface area contributed by atoms with E-state index in [1.165, 1.54) is 0 Å². The molecule has 24 heavy (non-hydrogen) atoms. The molecule has 0 fully saturated rings. The molecule has 0 aliphatic carbocycles. The fourth-order valence-electron chi connectivity index (χ4n) is 2.48. The molecule has 4 aromatic rings. The number of rotatable bonds is 3. The van der Waals surface area contributed by atoms with Crippen molar-refractivity contribution < 1.29 is 4.79 Å². The van der Waals surface area contributed by atoms with Crippen molar-refractivity contribution in [3.05, 3.63) is 76.2 Å². The van der Waals surface area contributed by atoms with Gasteiger partial charge in [0.15, 0.2) is 0 Å². The van der Waals surface area contributed by atoms with Crippen LogP contribution in [-0.2, 0) is 0 Å². The number of halogens is 1.